The van der Waals surface area contributed by atoms with Crippen molar-refractivity contribution in [1.82, 2.24) is 15.0 Å². The molecule has 0 spiro atoms. The Kier molecular flexibility index (Phi) is 2.94. The van der Waals surface area contributed by atoms with Crippen LogP contribution in [0.3, 0.4) is 0 Å². The number of amides is 1. The molecular weight excluding hydrogens is 292 g/mol. The minimum Gasteiger partial charge on any atom is -0.444 e. The average molecular weight is 304 g/mol. The van der Waals surface area contributed by atoms with Crippen LogP contribution >= 0.6 is 0 Å². The Balaban J connectivity index is 1.80. The summed E-state index contributed by atoms with van der Waals surface area (Å²) in [4.78, 5) is 23.5. The molecule has 112 valence electrons. The number of nitrogens with one attached hydrogen (secondary N) is 1. The van der Waals surface area contributed by atoms with Crippen LogP contribution in [0.25, 0.3) is 34.0 Å². The quantitative estimate of drug-likeness (QED) is 0.608. The summed E-state index contributed by atoms with van der Waals surface area (Å²) in [6, 6.07) is 14.8. The third-order valence-electron chi connectivity index (χ3n) is 3.55. The summed E-state index contributed by atoms with van der Waals surface area (Å²) < 4.78 is 5.52. The monoisotopic (exact) mass is 304 g/mol. The van der Waals surface area contributed by atoms with Crippen LogP contribution in [0.1, 0.15) is 10.4 Å². The van der Waals surface area contributed by atoms with Crippen LogP contribution in [-0.4, -0.2) is 20.9 Å². The standard InChI is InChI=1S/C17H12N4O2/c18-15(22)11-7-4-8-12-14(11)21-16(19-12)13-9-23-17(20-13)10-5-2-1-3-6-10/h1-9H,(H2,18,22)(H,19,21). The number of carbonyl (C=O) groups excluding carboxylic acids is 1. The molecule has 2 aromatic heterocycles. The van der Waals surface area contributed by atoms with Gasteiger partial charge in [-0.2, -0.15) is 0 Å². The molecule has 0 atom stereocenters. The maximum atomic E-state index is 11.5. The number of imidazole rings is 1. The number of carbonyl (C=O) groups is 1. The van der Waals surface area contributed by atoms with E-state index >= 15 is 0 Å². The van der Waals surface area contributed by atoms with Crippen molar-refractivity contribution in [3.63, 3.8) is 0 Å². The van der Waals surface area contributed by atoms with Crippen LogP contribution in [0.4, 0.5) is 0 Å². The maximum Gasteiger partial charge on any atom is 0.250 e. The fourth-order valence-electron chi connectivity index (χ4n) is 2.45. The third kappa shape index (κ3) is 2.26. The van der Waals surface area contributed by atoms with Crippen LogP contribution in [-0.2, 0) is 0 Å². The number of rotatable bonds is 3. The van der Waals surface area contributed by atoms with E-state index in [4.69, 9.17) is 10.2 Å². The second-order valence-corrected chi connectivity index (χ2v) is 5.06. The lowest BCUT2D eigenvalue weighted by molar-refractivity contribution is 0.100. The van der Waals surface area contributed by atoms with Gasteiger partial charge < -0.3 is 15.1 Å². The first-order valence-electron chi connectivity index (χ1n) is 7.02. The van der Waals surface area contributed by atoms with Crippen molar-refractivity contribution in [3.8, 4) is 23.0 Å². The molecule has 0 radical (unpaired) electrons. The fraction of sp³-hybridized carbons (Fsp3) is 0. The zero-order valence-electron chi connectivity index (χ0n) is 12.0. The highest BCUT2D eigenvalue weighted by Crippen LogP contribution is 2.25. The number of primary amides is 1. The SMILES string of the molecule is NC(=O)c1cccc2[nH]c(-c3coc(-c4ccccc4)n3)nc12. The van der Waals surface area contributed by atoms with Crippen molar-refractivity contribution >= 4 is 16.9 Å². The molecule has 4 rings (SSSR count). The van der Waals surface area contributed by atoms with Crippen molar-refractivity contribution in [2.75, 3.05) is 0 Å². The number of nitrogens with two attached hydrogens (primary N) is 1. The molecule has 2 aromatic carbocycles. The summed E-state index contributed by atoms with van der Waals surface area (Å²) >= 11 is 0. The van der Waals surface area contributed by atoms with E-state index in [-0.39, 0.29) is 0 Å². The van der Waals surface area contributed by atoms with Gasteiger partial charge in [0.05, 0.1) is 11.1 Å². The van der Waals surface area contributed by atoms with Gasteiger partial charge in [-0.25, -0.2) is 9.97 Å². The minimum absolute atomic E-state index is 0.372. The van der Waals surface area contributed by atoms with Gasteiger partial charge in [0.1, 0.15) is 17.5 Å². The highest BCUT2D eigenvalue weighted by molar-refractivity contribution is 6.04. The van der Waals surface area contributed by atoms with E-state index in [2.05, 4.69) is 15.0 Å². The van der Waals surface area contributed by atoms with Crippen LogP contribution in [0, 0.1) is 0 Å². The molecular formula is C17H12N4O2. The minimum atomic E-state index is -0.515. The molecule has 6 heteroatoms. The molecule has 0 aliphatic carbocycles. The number of para-hydroxylation sites is 1. The summed E-state index contributed by atoms with van der Waals surface area (Å²) in [5.41, 5.74) is 8.45. The Labute approximate surface area is 131 Å². The maximum absolute atomic E-state index is 11.5. The van der Waals surface area contributed by atoms with E-state index in [1.165, 1.54) is 6.26 Å². The molecule has 1 amide bonds. The zero-order chi connectivity index (χ0) is 15.8. The largest absolute Gasteiger partial charge is 0.444 e. The molecule has 0 saturated carbocycles. The molecule has 0 saturated heterocycles. The molecule has 0 bridgehead atoms. The average Bonchev–Trinajstić information content (AvgIpc) is 3.21. The molecule has 23 heavy (non-hydrogen) atoms. The fourth-order valence-corrected chi connectivity index (χ4v) is 2.45. The number of aromatic nitrogens is 3. The number of hydrogen-bond donors (Lipinski definition) is 2. The molecule has 4 aromatic rings. The van der Waals surface area contributed by atoms with Gasteiger partial charge in [0.15, 0.2) is 5.82 Å². The van der Waals surface area contributed by atoms with Gasteiger partial charge >= 0.3 is 0 Å². The molecule has 0 fully saturated rings. The summed E-state index contributed by atoms with van der Waals surface area (Å²) in [5, 5.41) is 0. The Morgan fingerprint density at radius 3 is 2.65 bits per heavy atom. The Morgan fingerprint density at radius 2 is 1.87 bits per heavy atom. The lowest BCUT2D eigenvalue weighted by Crippen LogP contribution is -2.11. The number of hydrogen-bond acceptors (Lipinski definition) is 4. The van der Waals surface area contributed by atoms with E-state index in [9.17, 15) is 4.79 Å². The molecule has 0 aliphatic heterocycles. The van der Waals surface area contributed by atoms with Crippen molar-refractivity contribution < 1.29 is 9.21 Å². The Hall–Kier alpha value is -3.41. The molecule has 3 N–H and O–H groups in total. The van der Waals surface area contributed by atoms with E-state index in [0.717, 1.165) is 11.1 Å². The topological polar surface area (TPSA) is 97.8 Å². The smallest absolute Gasteiger partial charge is 0.250 e. The first kappa shape index (κ1) is 13.3. The predicted octanol–water partition coefficient (Wildman–Crippen LogP) is 2.98. The van der Waals surface area contributed by atoms with Gasteiger partial charge in [0.2, 0.25) is 5.89 Å². The van der Waals surface area contributed by atoms with E-state index in [1.54, 1.807) is 12.1 Å². The summed E-state index contributed by atoms with van der Waals surface area (Å²) in [6.07, 6.45) is 1.53. The van der Waals surface area contributed by atoms with Gasteiger partial charge in [0, 0.05) is 5.56 Å². The molecule has 6 nitrogen and oxygen atoms in total. The Bertz CT molecular complexity index is 1000. The lowest BCUT2D eigenvalue weighted by Gasteiger charge is -1.94. The molecule has 2 heterocycles. The van der Waals surface area contributed by atoms with Crippen molar-refractivity contribution in [2.24, 2.45) is 5.73 Å². The number of oxazole rings is 1. The third-order valence-corrected chi connectivity index (χ3v) is 3.55. The summed E-state index contributed by atoms with van der Waals surface area (Å²) in [5.74, 6) is 0.523. The number of nitrogens with zero attached hydrogens (tertiary/aromatic N) is 2. The summed E-state index contributed by atoms with van der Waals surface area (Å²) in [6.45, 7) is 0. The van der Waals surface area contributed by atoms with E-state index < -0.39 is 5.91 Å². The lowest BCUT2D eigenvalue weighted by atomic mass is 10.2. The Morgan fingerprint density at radius 1 is 1.04 bits per heavy atom. The second-order valence-electron chi connectivity index (χ2n) is 5.06. The van der Waals surface area contributed by atoms with E-state index in [0.29, 0.717) is 28.5 Å². The first-order chi connectivity index (χ1) is 11.2. The van der Waals surface area contributed by atoms with Gasteiger partial charge in [-0.15, -0.1) is 0 Å². The highest BCUT2D eigenvalue weighted by atomic mass is 16.3. The van der Waals surface area contributed by atoms with Crippen LogP contribution in [0.5, 0.6) is 0 Å². The van der Waals surface area contributed by atoms with Crippen molar-refractivity contribution in [2.45, 2.75) is 0 Å². The van der Waals surface area contributed by atoms with Gasteiger partial charge in [-0.1, -0.05) is 24.3 Å². The van der Waals surface area contributed by atoms with Crippen LogP contribution in [0.2, 0.25) is 0 Å². The normalized spacial score (nSPS) is 11.0. The second kappa shape index (κ2) is 5.10. The number of benzene rings is 2. The molecule has 0 unspecified atom stereocenters. The number of fused-ring (bicyclic) bond motifs is 1. The van der Waals surface area contributed by atoms with Gasteiger partial charge in [0.25, 0.3) is 5.91 Å². The molecule has 0 aliphatic rings. The van der Waals surface area contributed by atoms with Crippen LogP contribution in [0.15, 0.2) is 59.2 Å². The number of H-pyrrole nitrogens is 1. The first-order valence-corrected chi connectivity index (χ1v) is 7.02. The van der Waals surface area contributed by atoms with Crippen molar-refractivity contribution in [1.29, 1.82) is 0 Å². The zero-order valence-corrected chi connectivity index (χ0v) is 12.0. The van der Waals surface area contributed by atoms with Crippen LogP contribution < -0.4 is 5.73 Å². The predicted molar refractivity (Wildman–Crippen MR) is 85.5 cm³/mol. The van der Waals surface area contributed by atoms with Gasteiger partial charge in [-0.3, -0.25) is 4.79 Å². The van der Waals surface area contributed by atoms with Crippen molar-refractivity contribution in [3.05, 3.63) is 60.4 Å². The summed E-state index contributed by atoms with van der Waals surface area (Å²) in [7, 11) is 0. The van der Waals surface area contributed by atoms with E-state index in [1.807, 2.05) is 36.4 Å². The van der Waals surface area contributed by atoms with Gasteiger partial charge in [-0.05, 0) is 24.3 Å². The highest BCUT2D eigenvalue weighted by Gasteiger charge is 2.15. The number of aromatic amines is 1.